The van der Waals surface area contributed by atoms with Gasteiger partial charge in [-0.05, 0) is 5.39 Å². The molecule has 0 bridgehead atoms. The van der Waals surface area contributed by atoms with E-state index in [9.17, 15) is 14.7 Å². The molecule has 1 aliphatic rings. The van der Waals surface area contributed by atoms with E-state index in [1.807, 2.05) is 54.6 Å². The fourth-order valence-electron chi connectivity index (χ4n) is 3.53. The van der Waals surface area contributed by atoms with Gasteiger partial charge < -0.3 is 0 Å². The van der Waals surface area contributed by atoms with Crippen LogP contribution in [0.5, 0.6) is 5.75 Å². The molecule has 0 saturated heterocycles. The van der Waals surface area contributed by atoms with Crippen molar-refractivity contribution < 1.29 is 19.4 Å². The van der Waals surface area contributed by atoms with Gasteiger partial charge in [-0.15, -0.1) is 0 Å². The molecule has 32 heavy (non-hydrogen) atoms. The van der Waals surface area contributed by atoms with E-state index in [1.54, 1.807) is 20.1 Å². The monoisotopic (exact) mass is 454 g/mol. The molecule has 1 aliphatic heterocycles. The van der Waals surface area contributed by atoms with E-state index in [-0.39, 0.29) is 5.91 Å². The number of rotatable bonds is 5. The first-order valence-electron chi connectivity index (χ1n) is 10.1. The Morgan fingerprint density at radius 1 is 1.19 bits per heavy atom. The number of fused-ring (bicyclic) bond motifs is 1. The number of hydrogen-bond acceptors (Lipinski definition) is 5. The van der Waals surface area contributed by atoms with Crippen molar-refractivity contribution in [3.05, 3.63) is 70.6 Å². The molecule has 8 heteroatoms. The molecule has 1 amide bonds. The molecule has 0 spiro atoms. The van der Waals surface area contributed by atoms with Crippen LogP contribution in [0, 0.1) is 0 Å². The normalized spacial score (nSPS) is 15.7. The van der Waals surface area contributed by atoms with Gasteiger partial charge in [0.2, 0.25) is 0 Å². The zero-order valence-corrected chi connectivity index (χ0v) is 20.7. The maximum atomic E-state index is 12.6. The number of aliphatic carboxylic acids is 1. The third-order valence-corrected chi connectivity index (χ3v) is 6.81. The van der Waals surface area contributed by atoms with Crippen molar-refractivity contribution in [2.75, 3.05) is 12.4 Å². The van der Waals surface area contributed by atoms with Crippen molar-refractivity contribution in [3.63, 3.8) is 0 Å². The van der Waals surface area contributed by atoms with Gasteiger partial charge in [-0.1, -0.05) is 24.3 Å². The molecule has 0 saturated carbocycles. The number of amides is 1. The topological polar surface area (TPSA) is 88.0 Å². The molecule has 0 fully saturated rings. The molecular weight excluding hydrogens is 435 g/mol. The van der Waals surface area contributed by atoms with Crippen LogP contribution in [0.25, 0.3) is 16.8 Å². The summed E-state index contributed by atoms with van der Waals surface area (Å²) in [7, 11) is 1.60. The Balaban J connectivity index is 1.62. The molecule has 156 valence electrons. The van der Waals surface area contributed by atoms with Crippen LogP contribution in [0.2, 0.25) is 0 Å². The zero-order valence-electron chi connectivity index (χ0n) is 17.9. The van der Waals surface area contributed by atoms with Gasteiger partial charge in [-0.25, -0.2) is 0 Å². The van der Waals surface area contributed by atoms with Gasteiger partial charge in [0.1, 0.15) is 0 Å². The number of nitrogens with one attached hydrogen (secondary N) is 1. The first-order chi connectivity index (χ1) is 15.4. The Morgan fingerprint density at radius 2 is 1.91 bits per heavy atom. The minimum absolute atomic E-state index is 0.347. The molecule has 3 aromatic rings. The SMILES string of the molecule is COc1cc2ccccc2cc1C=C1SC(Nc2cc[c]([Na])cc2C(C)C(=O)O)=NC1=O. The number of benzene rings is 3. The average Bonchev–Trinajstić information content (AvgIpc) is 3.12. The zero-order chi connectivity index (χ0) is 22.8. The van der Waals surface area contributed by atoms with Gasteiger partial charge in [0.05, 0.1) is 7.11 Å². The summed E-state index contributed by atoms with van der Waals surface area (Å²) >= 11 is 2.04. The summed E-state index contributed by atoms with van der Waals surface area (Å²) in [6.07, 6.45) is 1.78. The standard InChI is InChI=1S/C24H19N2O4S.Na/c1-14(23(28)29)18-9-5-6-10-19(18)25-24-26-22(27)21(31-24)13-17-11-15-7-3-4-8-16(15)12-20(17)30-2;/h3-4,6-14H,1-2H3,(H,28,29)(H,25,26,27);. The van der Waals surface area contributed by atoms with Gasteiger partial charge >= 0.3 is 171 Å². The summed E-state index contributed by atoms with van der Waals surface area (Å²) in [5.41, 5.74) is 2.11. The van der Waals surface area contributed by atoms with Gasteiger partial charge in [0.25, 0.3) is 0 Å². The Kier molecular flexibility index (Phi) is 6.71. The molecule has 0 aromatic heterocycles. The van der Waals surface area contributed by atoms with Crippen molar-refractivity contribution in [1.29, 1.82) is 0 Å². The van der Waals surface area contributed by atoms with Crippen molar-refractivity contribution in [2.24, 2.45) is 4.99 Å². The predicted octanol–water partition coefficient (Wildman–Crippen LogP) is 3.91. The number of carboxylic acid groups (broad SMARTS) is 1. The third-order valence-electron chi connectivity index (χ3n) is 5.29. The maximum absolute atomic E-state index is 12.6. The van der Waals surface area contributed by atoms with E-state index in [4.69, 9.17) is 4.74 Å². The fraction of sp³-hybridized carbons (Fsp3) is 0.125. The number of methoxy groups -OCH3 is 1. The number of amidine groups is 1. The van der Waals surface area contributed by atoms with E-state index < -0.39 is 11.9 Å². The Morgan fingerprint density at radius 3 is 2.59 bits per heavy atom. The molecule has 0 radical (unpaired) electrons. The van der Waals surface area contributed by atoms with E-state index >= 15 is 0 Å². The summed E-state index contributed by atoms with van der Waals surface area (Å²) in [6, 6.07) is 17.6. The van der Waals surface area contributed by atoms with Crippen LogP contribution < -0.4 is 12.9 Å². The molecule has 1 unspecified atom stereocenters. The fourth-order valence-corrected chi connectivity index (χ4v) is 4.83. The van der Waals surface area contributed by atoms with Crippen LogP contribution in [0.3, 0.4) is 0 Å². The minimum atomic E-state index is -0.901. The summed E-state index contributed by atoms with van der Waals surface area (Å²) < 4.78 is 6.62. The quantitative estimate of drug-likeness (QED) is 0.449. The Labute approximate surface area is 207 Å². The van der Waals surface area contributed by atoms with Crippen molar-refractivity contribution >= 4 is 82.1 Å². The number of carbonyl (C=O) groups is 2. The second-order valence-corrected chi connectivity index (χ2v) is 9.74. The first-order valence-corrected chi connectivity index (χ1v) is 11.9. The van der Waals surface area contributed by atoms with Crippen molar-refractivity contribution in [2.45, 2.75) is 12.8 Å². The van der Waals surface area contributed by atoms with Crippen molar-refractivity contribution in [3.8, 4) is 5.75 Å². The average molecular weight is 454 g/mol. The number of aliphatic imine (C=N–C) groups is 1. The summed E-state index contributed by atoms with van der Waals surface area (Å²) in [5, 5.41) is 15.1. The van der Waals surface area contributed by atoms with E-state index in [0.717, 1.165) is 47.1 Å². The van der Waals surface area contributed by atoms with Gasteiger partial charge in [-0.3, -0.25) is 0 Å². The number of carboxylic acids is 1. The molecular formula is C24H19N2NaO4S. The molecule has 4 rings (SSSR count). The van der Waals surface area contributed by atoms with Gasteiger partial charge in [-0.2, -0.15) is 0 Å². The van der Waals surface area contributed by atoms with Crippen molar-refractivity contribution in [1.82, 2.24) is 0 Å². The third kappa shape index (κ3) is 4.76. The molecule has 3 aromatic carbocycles. The molecule has 6 nitrogen and oxygen atoms in total. The second-order valence-electron chi connectivity index (χ2n) is 7.55. The van der Waals surface area contributed by atoms with Crippen LogP contribution >= 0.6 is 11.8 Å². The van der Waals surface area contributed by atoms with Crippen LogP contribution in [0.1, 0.15) is 24.0 Å². The number of nitrogens with zero attached hydrogens (tertiary/aromatic N) is 1. The van der Waals surface area contributed by atoms with E-state index in [1.165, 1.54) is 11.8 Å². The Bertz CT molecular complexity index is 1300. The summed E-state index contributed by atoms with van der Waals surface area (Å²) in [6.45, 7) is 1.65. The second kappa shape index (κ2) is 9.50. The predicted molar refractivity (Wildman–Crippen MR) is 130 cm³/mol. The number of ether oxygens (including phenoxy) is 1. The Hall–Kier alpha value is -2.58. The number of carbonyl (C=O) groups excluding carboxylic acids is 1. The summed E-state index contributed by atoms with van der Waals surface area (Å²) in [5.74, 6) is -1.25. The molecule has 2 N–H and O–H groups in total. The molecule has 0 aliphatic carbocycles. The van der Waals surface area contributed by atoms with E-state index in [0.29, 0.717) is 27.1 Å². The number of anilines is 1. The van der Waals surface area contributed by atoms with Crippen LogP contribution in [-0.2, 0) is 9.59 Å². The van der Waals surface area contributed by atoms with Gasteiger partial charge in [0.15, 0.2) is 0 Å². The molecule has 1 atom stereocenters. The van der Waals surface area contributed by atoms with E-state index in [2.05, 4.69) is 10.3 Å². The van der Waals surface area contributed by atoms with Crippen LogP contribution in [0.4, 0.5) is 5.69 Å². The van der Waals surface area contributed by atoms with Crippen LogP contribution in [0.15, 0.2) is 64.5 Å². The van der Waals surface area contributed by atoms with Gasteiger partial charge in [0, 0.05) is 0 Å². The van der Waals surface area contributed by atoms with Crippen LogP contribution in [-0.4, -0.2) is 57.2 Å². The first kappa shape index (κ1) is 22.6. The summed E-state index contributed by atoms with van der Waals surface area (Å²) in [4.78, 5) is 28.7. The molecule has 1 heterocycles. The number of hydrogen-bond donors (Lipinski definition) is 2. The number of thioether (sulfide) groups is 1.